The zero-order valence-corrected chi connectivity index (χ0v) is 13.6. The fourth-order valence-electron chi connectivity index (χ4n) is 4.37. The molecule has 1 aliphatic heterocycles. The molecule has 128 valence electrons. The molecule has 9 nitrogen and oxygen atoms in total. The number of imidazole rings is 1. The standard InChI is InChI=1S/C15H19N5O4/c1-18-9-10(19(2)14(24)17-11(9)21)16-13(18)20-6-8-4-3-5-15(8,7-20)12(22)23/h8H,3-7H2,1-2H3,(H,22,23)(H,17,21,24)/t8-,15+/m0/s1. The van der Waals surface area contributed by atoms with E-state index in [1.54, 1.807) is 18.7 Å². The molecule has 0 radical (unpaired) electrons. The topological polar surface area (TPSA) is 113 Å². The summed E-state index contributed by atoms with van der Waals surface area (Å²) >= 11 is 0. The van der Waals surface area contributed by atoms with Crippen LogP contribution in [0.15, 0.2) is 9.59 Å². The molecule has 1 saturated carbocycles. The molecule has 2 aliphatic rings. The third-order valence-electron chi connectivity index (χ3n) is 5.69. The molecule has 0 amide bonds. The predicted octanol–water partition coefficient (Wildman–Crippen LogP) is -0.349. The number of hydrogen-bond acceptors (Lipinski definition) is 5. The van der Waals surface area contributed by atoms with E-state index in [9.17, 15) is 19.5 Å². The minimum atomic E-state index is -0.753. The molecule has 0 unspecified atom stereocenters. The second-order valence-electron chi connectivity index (χ2n) is 6.89. The highest BCUT2D eigenvalue weighted by Crippen LogP contribution is 2.49. The van der Waals surface area contributed by atoms with Gasteiger partial charge >= 0.3 is 11.7 Å². The van der Waals surface area contributed by atoms with Crippen LogP contribution < -0.4 is 16.1 Å². The first-order chi connectivity index (χ1) is 11.3. The average molecular weight is 333 g/mol. The summed E-state index contributed by atoms with van der Waals surface area (Å²) in [4.78, 5) is 44.4. The van der Waals surface area contributed by atoms with Gasteiger partial charge in [0.05, 0.1) is 5.41 Å². The minimum Gasteiger partial charge on any atom is -0.481 e. The van der Waals surface area contributed by atoms with Gasteiger partial charge in [0.25, 0.3) is 5.56 Å². The lowest BCUT2D eigenvalue weighted by Crippen LogP contribution is -2.36. The molecular formula is C15H19N5O4. The summed E-state index contributed by atoms with van der Waals surface area (Å²) < 4.78 is 2.94. The molecule has 0 spiro atoms. The molecule has 4 rings (SSSR count). The van der Waals surface area contributed by atoms with Crippen LogP contribution in [0.1, 0.15) is 19.3 Å². The summed E-state index contributed by atoms with van der Waals surface area (Å²) in [6, 6.07) is 0. The van der Waals surface area contributed by atoms with Crippen molar-refractivity contribution in [2.75, 3.05) is 18.0 Å². The lowest BCUT2D eigenvalue weighted by molar-refractivity contribution is -0.149. The molecular weight excluding hydrogens is 314 g/mol. The van der Waals surface area contributed by atoms with Gasteiger partial charge in [-0.25, -0.2) is 4.79 Å². The zero-order valence-electron chi connectivity index (χ0n) is 13.6. The van der Waals surface area contributed by atoms with Gasteiger partial charge in [-0.2, -0.15) is 4.98 Å². The number of rotatable bonds is 2. The van der Waals surface area contributed by atoms with Crippen molar-refractivity contribution in [1.82, 2.24) is 19.1 Å². The highest BCUT2D eigenvalue weighted by molar-refractivity contribution is 5.79. The number of nitrogens with one attached hydrogen (secondary N) is 1. The Labute approximate surface area is 136 Å². The number of anilines is 1. The summed E-state index contributed by atoms with van der Waals surface area (Å²) in [6.45, 7) is 0.991. The Morgan fingerprint density at radius 3 is 2.75 bits per heavy atom. The zero-order chi connectivity index (χ0) is 17.2. The maximum Gasteiger partial charge on any atom is 0.329 e. The van der Waals surface area contributed by atoms with Crippen LogP contribution in [0.25, 0.3) is 11.2 Å². The summed E-state index contributed by atoms with van der Waals surface area (Å²) in [5.74, 6) is -0.125. The molecule has 1 aliphatic carbocycles. The first-order valence-electron chi connectivity index (χ1n) is 7.99. The maximum absolute atomic E-state index is 12.1. The van der Waals surface area contributed by atoms with Crippen molar-refractivity contribution in [1.29, 1.82) is 0 Å². The Morgan fingerprint density at radius 2 is 2.08 bits per heavy atom. The number of hydrogen-bond donors (Lipinski definition) is 2. The Kier molecular flexibility index (Phi) is 2.94. The van der Waals surface area contributed by atoms with Crippen molar-refractivity contribution in [3.05, 3.63) is 20.8 Å². The molecule has 2 aromatic rings. The van der Waals surface area contributed by atoms with E-state index in [1.165, 1.54) is 4.57 Å². The number of carboxylic acid groups (broad SMARTS) is 1. The van der Waals surface area contributed by atoms with Crippen molar-refractivity contribution >= 4 is 23.1 Å². The van der Waals surface area contributed by atoms with Crippen molar-refractivity contribution in [3.63, 3.8) is 0 Å². The number of fused-ring (bicyclic) bond motifs is 2. The van der Waals surface area contributed by atoms with Crippen molar-refractivity contribution < 1.29 is 9.90 Å². The first kappa shape index (κ1) is 15.0. The van der Waals surface area contributed by atoms with Crippen LogP contribution in [-0.4, -0.2) is 43.3 Å². The molecule has 9 heteroatoms. The van der Waals surface area contributed by atoms with Crippen molar-refractivity contribution in [2.45, 2.75) is 19.3 Å². The summed E-state index contributed by atoms with van der Waals surface area (Å²) in [6.07, 6.45) is 2.50. The van der Waals surface area contributed by atoms with Crippen molar-refractivity contribution in [3.8, 4) is 0 Å². The van der Waals surface area contributed by atoms with Crippen LogP contribution in [0, 0.1) is 11.3 Å². The molecule has 2 fully saturated rings. The summed E-state index contributed by atoms with van der Waals surface area (Å²) in [5.41, 5.74) is -1.11. The van der Waals surface area contributed by atoms with Gasteiger partial charge in [0.15, 0.2) is 11.2 Å². The number of H-pyrrole nitrogens is 1. The van der Waals surface area contributed by atoms with Gasteiger partial charge in [0.1, 0.15) is 0 Å². The van der Waals surface area contributed by atoms with Crippen LogP contribution in [0.2, 0.25) is 0 Å². The number of aromatic nitrogens is 4. The number of carbonyl (C=O) groups is 1. The normalized spacial score (nSPS) is 26.2. The SMILES string of the molecule is Cn1c(N2C[C@@H]3CCC[C@@]3(C(=O)O)C2)nc2c1c(=O)[nH]c(=O)n2C. The summed E-state index contributed by atoms with van der Waals surface area (Å²) in [5, 5.41) is 9.72. The highest BCUT2D eigenvalue weighted by Gasteiger charge is 2.55. The smallest absolute Gasteiger partial charge is 0.329 e. The van der Waals surface area contributed by atoms with Gasteiger partial charge in [-0.05, 0) is 18.8 Å². The molecule has 3 heterocycles. The monoisotopic (exact) mass is 333 g/mol. The third kappa shape index (κ3) is 1.75. The van der Waals surface area contributed by atoms with E-state index in [0.717, 1.165) is 12.8 Å². The van der Waals surface area contributed by atoms with Crippen molar-refractivity contribution in [2.24, 2.45) is 25.4 Å². The molecule has 0 aromatic carbocycles. The van der Waals surface area contributed by atoms with Crippen LogP contribution in [0.3, 0.4) is 0 Å². The Morgan fingerprint density at radius 1 is 1.33 bits per heavy atom. The average Bonchev–Trinajstić information content (AvgIpc) is 3.15. The molecule has 0 bridgehead atoms. The van der Waals surface area contributed by atoms with Crippen LogP contribution >= 0.6 is 0 Å². The van der Waals surface area contributed by atoms with E-state index in [0.29, 0.717) is 36.6 Å². The first-order valence-corrected chi connectivity index (χ1v) is 7.99. The van der Waals surface area contributed by atoms with Gasteiger partial charge in [-0.3, -0.25) is 19.1 Å². The Hall–Kier alpha value is -2.58. The second kappa shape index (κ2) is 4.71. The fourth-order valence-corrected chi connectivity index (χ4v) is 4.37. The van der Waals surface area contributed by atoms with Gasteiger partial charge in [0.2, 0.25) is 5.95 Å². The fraction of sp³-hybridized carbons (Fsp3) is 0.600. The van der Waals surface area contributed by atoms with E-state index in [-0.39, 0.29) is 5.92 Å². The van der Waals surface area contributed by atoms with Gasteiger partial charge in [0, 0.05) is 27.2 Å². The molecule has 2 N–H and O–H groups in total. The number of carboxylic acids is 1. The minimum absolute atomic E-state index is 0.0944. The van der Waals surface area contributed by atoms with E-state index in [1.807, 2.05) is 4.90 Å². The summed E-state index contributed by atoms with van der Waals surface area (Å²) in [7, 11) is 3.26. The third-order valence-corrected chi connectivity index (χ3v) is 5.69. The van der Waals surface area contributed by atoms with Crippen LogP contribution in [0.5, 0.6) is 0 Å². The largest absolute Gasteiger partial charge is 0.481 e. The number of aryl methyl sites for hydroxylation is 2. The Bertz CT molecular complexity index is 971. The van der Waals surface area contributed by atoms with E-state index >= 15 is 0 Å². The molecule has 2 atom stereocenters. The van der Waals surface area contributed by atoms with E-state index in [4.69, 9.17) is 0 Å². The number of aromatic amines is 1. The molecule has 24 heavy (non-hydrogen) atoms. The lowest BCUT2D eigenvalue weighted by Gasteiger charge is -2.23. The van der Waals surface area contributed by atoms with Gasteiger partial charge < -0.3 is 14.6 Å². The number of nitrogens with zero attached hydrogens (tertiary/aromatic N) is 4. The Balaban J connectivity index is 1.85. The lowest BCUT2D eigenvalue weighted by atomic mass is 9.81. The number of aliphatic carboxylic acids is 1. The van der Waals surface area contributed by atoms with Gasteiger partial charge in [-0.1, -0.05) is 6.42 Å². The predicted molar refractivity (Wildman–Crippen MR) is 86.2 cm³/mol. The molecule has 1 saturated heterocycles. The van der Waals surface area contributed by atoms with Gasteiger partial charge in [-0.15, -0.1) is 0 Å². The molecule has 2 aromatic heterocycles. The maximum atomic E-state index is 12.1. The van der Waals surface area contributed by atoms with E-state index < -0.39 is 22.6 Å². The second-order valence-corrected chi connectivity index (χ2v) is 6.89. The van der Waals surface area contributed by atoms with Crippen LogP contribution in [0.4, 0.5) is 5.95 Å². The van der Waals surface area contributed by atoms with Crippen LogP contribution in [-0.2, 0) is 18.9 Å². The highest BCUT2D eigenvalue weighted by atomic mass is 16.4. The quantitative estimate of drug-likeness (QED) is 0.777. The van der Waals surface area contributed by atoms with E-state index in [2.05, 4.69) is 9.97 Å².